The molecule has 224 valence electrons. The zero-order valence-corrected chi connectivity index (χ0v) is 24.6. The molecule has 6 nitrogen and oxygen atoms in total. The summed E-state index contributed by atoms with van der Waals surface area (Å²) >= 11 is 5.95. The van der Waals surface area contributed by atoms with E-state index < -0.39 is 22.8 Å². The third-order valence-corrected chi connectivity index (χ3v) is 9.19. The number of nitrogens with zero attached hydrogens (tertiary/aromatic N) is 2. The van der Waals surface area contributed by atoms with Crippen LogP contribution in [-0.2, 0) is 18.1 Å². The molecule has 0 radical (unpaired) electrons. The number of amides is 2. The average molecular weight is 602 g/mol. The van der Waals surface area contributed by atoms with E-state index >= 15 is 0 Å². The summed E-state index contributed by atoms with van der Waals surface area (Å²) in [6.45, 7) is 1.12. The van der Waals surface area contributed by atoms with E-state index in [1.165, 1.54) is 17.0 Å². The van der Waals surface area contributed by atoms with Gasteiger partial charge in [-0.25, -0.2) is 4.79 Å². The minimum absolute atomic E-state index is 0.0631. The number of anilines is 1. The van der Waals surface area contributed by atoms with Crippen molar-refractivity contribution in [2.45, 2.75) is 55.9 Å². The van der Waals surface area contributed by atoms with Crippen LogP contribution < -0.4 is 19.7 Å². The summed E-state index contributed by atoms with van der Waals surface area (Å²) in [5, 5.41) is 2.54. The van der Waals surface area contributed by atoms with Gasteiger partial charge in [0, 0.05) is 29.7 Å². The third-order valence-electron chi connectivity index (χ3n) is 8.86. The van der Waals surface area contributed by atoms with Crippen molar-refractivity contribution in [1.82, 2.24) is 10.2 Å². The summed E-state index contributed by atoms with van der Waals surface area (Å²) in [7, 11) is 5.28. The monoisotopic (exact) mass is 601 g/mol. The fraction of sp³-hybridized carbons (Fsp3) is 0.406. The number of hydrogen-bond acceptors (Lipinski definition) is 4. The highest BCUT2D eigenvalue weighted by Gasteiger charge is 2.52. The van der Waals surface area contributed by atoms with Crippen molar-refractivity contribution in [2.24, 2.45) is 0 Å². The summed E-state index contributed by atoms with van der Waals surface area (Å²) in [4.78, 5) is 17.6. The highest BCUT2D eigenvalue weighted by Crippen LogP contribution is 2.51. The van der Waals surface area contributed by atoms with Crippen LogP contribution in [0.1, 0.15) is 42.4 Å². The summed E-state index contributed by atoms with van der Waals surface area (Å²) in [5.74, 6) is 1.31. The van der Waals surface area contributed by atoms with Crippen LogP contribution in [0, 0.1) is 0 Å². The molecule has 1 aliphatic carbocycles. The van der Waals surface area contributed by atoms with Crippen LogP contribution in [-0.4, -0.2) is 50.8 Å². The van der Waals surface area contributed by atoms with E-state index in [-0.39, 0.29) is 29.7 Å². The highest BCUT2D eigenvalue weighted by atomic mass is 35.5. The quantitative estimate of drug-likeness (QED) is 0.309. The van der Waals surface area contributed by atoms with Crippen LogP contribution in [0.4, 0.5) is 23.7 Å². The summed E-state index contributed by atoms with van der Waals surface area (Å²) in [6.07, 6.45) is -1.77. The molecule has 3 aromatic rings. The van der Waals surface area contributed by atoms with Crippen molar-refractivity contribution in [3.05, 3.63) is 88.4 Å². The molecule has 3 aromatic carbocycles. The first-order valence-corrected chi connectivity index (χ1v) is 14.4. The Hall–Kier alpha value is -3.43. The van der Waals surface area contributed by atoms with Crippen molar-refractivity contribution in [3.8, 4) is 11.5 Å². The van der Waals surface area contributed by atoms with Crippen molar-refractivity contribution < 1.29 is 27.4 Å². The molecule has 2 amide bonds. The van der Waals surface area contributed by atoms with Crippen LogP contribution >= 0.6 is 11.6 Å². The normalized spacial score (nSPS) is 22.4. The molecule has 0 bridgehead atoms. The van der Waals surface area contributed by atoms with E-state index in [1.54, 1.807) is 14.2 Å². The van der Waals surface area contributed by atoms with E-state index in [0.717, 1.165) is 36.6 Å². The molecule has 2 fully saturated rings. The Balaban J connectivity index is 1.49. The molecule has 1 N–H and O–H groups in total. The number of likely N-dealkylation sites (tertiary alicyclic amines) is 1. The topological polar surface area (TPSA) is 54.0 Å². The lowest BCUT2D eigenvalue weighted by Crippen LogP contribution is -2.55. The maximum Gasteiger partial charge on any atom is 0.417 e. The van der Waals surface area contributed by atoms with Gasteiger partial charge in [0.1, 0.15) is 0 Å². The summed E-state index contributed by atoms with van der Waals surface area (Å²) < 4.78 is 52.6. The number of halogens is 4. The van der Waals surface area contributed by atoms with Crippen molar-refractivity contribution >= 4 is 23.3 Å². The number of ether oxygens (including phenoxy) is 2. The Labute approximate surface area is 249 Å². The Morgan fingerprint density at radius 2 is 1.79 bits per heavy atom. The predicted molar refractivity (Wildman–Crippen MR) is 158 cm³/mol. The molecule has 2 aliphatic rings. The smallest absolute Gasteiger partial charge is 0.417 e. The molecule has 0 aromatic heterocycles. The van der Waals surface area contributed by atoms with Crippen molar-refractivity contribution in [1.29, 1.82) is 0 Å². The number of benzene rings is 3. The molecule has 0 spiro atoms. The van der Waals surface area contributed by atoms with Crippen LogP contribution in [0.3, 0.4) is 0 Å². The Morgan fingerprint density at radius 3 is 2.48 bits per heavy atom. The summed E-state index contributed by atoms with van der Waals surface area (Å²) in [5.41, 5.74) is 1.05. The Morgan fingerprint density at radius 1 is 1.05 bits per heavy atom. The van der Waals surface area contributed by atoms with E-state index in [1.807, 2.05) is 42.5 Å². The lowest BCUT2D eigenvalue weighted by Gasteiger charge is -2.47. The van der Waals surface area contributed by atoms with Gasteiger partial charge in [-0.05, 0) is 80.7 Å². The largest absolute Gasteiger partial charge is 0.493 e. The van der Waals surface area contributed by atoms with Crippen molar-refractivity contribution in [3.63, 3.8) is 0 Å². The van der Waals surface area contributed by atoms with Crippen LogP contribution in [0.15, 0.2) is 66.7 Å². The zero-order valence-electron chi connectivity index (χ0n) is 23.9. The number of alkyl halides is 3. The second kappa shape index (κ2) is 12.1. The van der Waals surface area contributed by atoms with E-state index in [2.05, 4.69) is 23.3 Å². The minimum Gasteiger partial charge on any atom is -0.493 e. The third kappa shape index (κ3) is 5.77. The molecule has 1 saturated carbocycles. The van der Waals surface area contributed by atoms with Gasteiger partial charge in [-0.3, -0.25) is 4.90 Å². The Kier molecular flexibility index (Phi) is 8.62. The molecule has 42 heavy (non-hydrogen) atoms. The molecule has 1 heterocycles. The number of carbonyl (C=O) groups excluding carboxylic acids is 1. The fourth-order valence-corrected chi connectivity index (χ4v) is 6.94. The molecular weight excluding hydrogens is 567 g/mol. The molecular formula is C32H35ClF3N3O3. The van der Waals surface area contributed by atoms with Gasteiger partial charge in [0.2, 0.25) is 0 Å². The van der Waals surface area contributed by atoms with Gasteiger partial charge in [0.15, 0.2) is 11.5 Å². The number of rotatable bonds is 7. The SMILES string of the molecule is COc1ccc([C@@]23CC[C@H](N(C(=O)NCc4ccccc4)c4ccc(Cl)c(C(F)(F)F)c4)C[C@@H]2N(C)CC3)cc1OC. The minimum atomic E-state index is -4.65. The number of likely N-dealkylation sites (N-methyl/N-ethyl adjacent to an activating group) is 1. The van der Waals surface area contributed by atoms with E-state index in [4.69, 9.17) is 21.1 Å². The zero-order chi connectivity index (χ0) is 30.1. The molecule has 10 heteroatoms. The first-order valence-electron chi connectivity index (χ1n) is 14.0. The number of methoxy groups -OCH3 is 2. The van der Waals surface area contributed by atoms with E-state index in [0.29, 0.717) is 24.3 Å². The number of carbonyl (C=O) groups is 1. The van der Waals surface area contributed by atoms with Gasteiger partial charge in [-0.2, -0.15) is 13.2 Å². The first-order chi connectivity index (χ1) is 20.1. The van der Waals surface area contributed by atoms with Crippen LogP contribution in [0.25, 0.3) is 0 Å². The highest BCUT2D eigenvalue weighted by molar-refractivity contribution is 6.31. The van der Waals surface area contributed by atoms with Crippen LogP contribution in [0.2, 0.25) is 5.02 Å². The van der Waals surface area contributed by atoms with Gasteiger partial charge in [-0.1, -0.05) is 48.0 Å². The number of nitrogens with one attached hydrogen (secondary N) is 1. The molecule has 1 saturated heterocycles. The standard InChI is InChI=1S/C32H35ClF3N3O3/c1-38-16-15-31(22-9-12-27(41-2)28(17-22)42-3)14-13-24(19-29(31)38)39(30(40)37-20-21-7-5-4-6-8-21)23-10-11-26(33)25(18-23)32(34,35)36/h4-12,17-18,24,29H,13-16,19-20H2,1-3H3,(H,37,40)/t24-,29-,31-/m0/s1. The number of hydrogen-bond donors (Lipinski definition) is 1. The Bertz CT molecular complexity index is 1420. The van der Waals surface area contributed by atoms with Gasteiger partial charge >= 0.3 is 12.2 Å². The molecule has 3 atom stereocenters. The van der Waals surface area contributed by atoms with E-state index in [9.17, 15) is 18.0 Å². The lowest BCUT2D eigenvalue weighted by atomic mass is 9.64. The van der Waals surface area contributed by atoms with Gasteiger partial charge < -0.3 is 19.7 Å². The second-order valence-corrected chi connectivity index (χ2v) is 11.5. The van der Waals surface area contributed by atoms with Gasteiger partial charge in [-0.15, -0.1) is 0 Å². The molecule has 1 aliphatic heterocycles. The fourth-order valence-electron chi connectivity index (χ4n) is 6.71. The van der Waals surface area contributed by atoms with Crippen LogP contribution in [0.5, 0.6) is 11.5 Å². The van der Waals surface area contributed by atoms with Gasteiger partial charge in [0.05, 0.1) is 24.8 Å². The van der Waals surface area contributed by atoms with Gasteiger partial charge in [0.25, 0.3) is 0 Å². The first kappa shape index (κ1) is 30.0. The summed E-state index contributed by atoms with van der Waals surface area (Å²) in [6, 6.07) is 18.4. The maximum atomic E-state index is 13.9. The maximum absolute atomic E-state index is 13.9. The molecule has 0 unspecified atom stereocenters. The lowest BCUT2D eigenvalue weighted by molar-refractivity contribution is -0.137. The predicted octanol–water partition coefficient (Wildman–Crippen LogP) is 7.29. The molecule has 5 rings (SSSR count). The second-order valence-electron chi connectivity index (χ2n) is 11.1. The number of fused-ring (bicyclic) bond motifs is 1. The average Bonchev–Trinajstić information content (AvgIpc) is 3.33. The van der Waals surface area contributed by atoms with Crippen molar-refractivity contribution in [2.75, 3.05) is 32.7 Å². The number of urea groups is 1.